The van der Waals surface area contributed by atoms with Gasteiger partial charge in [-0.2, -0.15) is 0 Å². The van der Waals surface area contributed by atoms with Gasteiger partial charge in [-0.15, -0.1) is 0 Å². The van der Waals surface area contributed by atoms with Gasteiger partial charge < -0.3 is 10.1 Å². The lowest BCUT2D eigenvalue weighted by Gasteiger charge is -2.26. The Bertz CT molecular complexity index is 547. The van der Waals surface area contributed by atoms with E-state index in [-0.39, 0.29) is 6.09 Å². The number of anilines is 1. The Morgan fingerprint density at radius 3 is 2.74 bits per heavy atom. The Morgan fingerprint density at radius 2 is 2.09 bits per heavy atom. The highest BCUT2D eigenvalue weighted by Crippen LogP contribution is 2.33. The van der Waals surface area contributed by atoms with Crippen molar-refractivity contribution in [2.45, 2.75) is 59.6 Å². The van der Waals surface area contributed by atoms with Crippen molar-refractivity contribution < 1.29 is 9.53 Å². The highest BCUT2D eigenvalue weighted by Gasteiger charge is 2.30. The van der Waals surface area contributed by atoms with Gasteiger partial charge in [0, 0.05) is 13.1 Å². The van der Waals surface area contributed by atoms with Crippen molar-refractivity contribution in [2.24, 2.45) is 5.92 Å². The second-order valence-electron chi connectivity index (χ2n) is 7.67. The summed E-state index contributed by atoms with van der Waals surface area (Å²) in [6, 6.07) is 6.29. The molecule has 1 heterocycles. The SMILES string of the molecule is CC(C)CCNCc1cccc2c1N(C(=O)OC(C)(C)C)CC2. The number of benzene rings is 1. The Balaban J connectivity index is 2.09. The Kier molecular flexibility index (Phi) is 5.69. The summed E-state index contributed by atoms with van der Waals surface area (Å²) in [5.74, 6) is 0.697. The number of nitrogens with one attached hydrogen (secondary N) is 1. The molecule has 0 bridgehead atoms. The predicted octanol–water partition coefficient (Wildman–Crippen LogP) is 4.12. The number of para-hydroxylation sites is 1. The maximum absolute atomic E-state index is 12.5. The summed E-state index contributed by atoms with van der Waals surface area (Å²) in [7, 11) is 0. The van der Waals surface area contributed by atoms with E-state index in [0.717, 1.165) is 31.6 Å². The third-order valence-electron chi connectivity index (χ3n) is 3.91. The van der Waals surface area contributed by atoms with E-state index in [1.54, 1.807) is 4.90 Å². The molecular weight excluding hydrogens is 288 g/mol. The maximum atomic E-state index is 12.5. The molecule has 1 aliphatic heterocycles. The second-order valence-corrected chi connectivity index (χ2v) is 7.67. The standard InChI is InChI=1S/C19H30N2O2/c1-14(2)9-11-20-13-16-8-6-7-15-10-12-21(17(15)16)18(22)23-19(3,4)5/h6-8,14,20H,9-13H2,1-5H3. The average Bonchev–Trinajstić information content (AvgIpc) is 2.86. The van der Waals surface area contributed by atoms with Crippen LogP contribution in [-0.4, -0.2) is 24.8 Å². The summed E-state index contributed by atoms with van der Waals surface area (Å²) < 4.78 is 5.56. The van der Waals surface area contributed by atoms with Crippen LogP contribution < -0.4 is 10.2 Å². The summed E-state index contributed by atoms with van der Waals surface area (Å²) >= 11 is 0. The van der Waals surface area contributed by atoms with E-state index in [1.165, 1.54) is 11.1 Å². The number of nitrogens with zero attached hydrogens (tertiary/aromatic N) is 1. The first-order valence-electron chi connectivity index (χ1n) is 8.60. The zero-order chi connectivity index (χ0) is 17.0. The van der Waals surface area contributed by atoms with Crippen molar-refractivity contribution in [3.63, 3.8) is 0 Å². The van der Waals surface area contributed by atoms with Crippen molar-refractivity contribution >= 4 is 11.8 Å². The minimum absolute atomic E-state index is 0.245. The smallest absolute Gasteiger partial charge is 0.414 e. The number of hydrogen-bond donors (Lipinski definition) is 1. The van der Waals surface area contributed by atoms with Gasteiger partial charge in [-0.3, -0.25) is 4.90 Å². The molecule has 0 saturated carbocycles. The van der Waals surface area contributed by atoms with Crippen LogP contribution in [-0.2, 0) is 17.7 Å². The van der Waals surface area contributed by atoms with E-state index < -0.39 is 5.60 Å². The third kappa shape index (κ3) is 4.96. The molecule has 2 rings (SSSR count). The van der Waals surface area contributed by atoms with Gasteiger partial charge in [0.05, 0.1) is 5.69 Å². The molecule has 23 heavy (non-hydrogen) atoms. The molecule has 0 unspecified atom stereocenters. The van der Waals surface area contributed by atoms with Crippen LogP contribution in [0, 0.1) is 5.92 Å². The fraction of sp³-hybridized carbons (Fsp3) is 0.632. The highest BCUT2D eigenvalue weighted by molar-refractivity contribution is 5.91. The number of hydrogen-bond acceptors (Lipinski definition) is 3. The van der Waals surface area contributed by atoms with Crippen LogP contribution in [0.1, 0.15) is 52.2 Å². The molecule has 1 aromatic rings. The highest BCUT2D eigenvalue weighted by atomic mass is 16.6. The molecular formula is C19H30N2O2. The number of amides is 1. The van der Waals surface area contributed by atoms with E-state index in [2.05, 4.69) is 37.4 Å². The van der Waals surface area contributed by atoms with Crippen molar-refractivity contribution in [3.8, 4) is 0 Å². The van der Waals surface area contributed by atoms with Crippen LogP contribution in [0.2, 0.25) is 0 Å². The molecule has 0 fully saturated rings. The van der Waals surface area contributed by atoms with E-state index >= 15 is 0 Å². The van der Waals surface area contributed by atoms with Crippen molar-refractivity contribution in [3.05, 3.63) is 29.3 Å². The number of ether oxygens (including phenoxy) is 1. The summed E-state index contributed by atoms with van der Waals surface area (Å²) in [5, 5.41) is 3.49. The topological polar surface area (TPSA) is 41.6 Å². The summed E-state index contributed by atoms with van der Waals surface area (Å²) in [4.78, 5) is 14.3. The number of carbonyl (C=O) groups excluding carboxylic acids is 1. The molecule has 0 aromatic heterocycles. The van der Waals surface area contributed by atoms with Crippen molar-refractivity contribution in [1.82, 2.24) is 5.32 Å². The molecule has 0 saturated heterocycles. The molecule has 1 amide bonds. The molecule has 1 aromatic carbocycles. The summed E-state index contributed by atoms with van der Waals surface area (Å²) in [6.07, 6.45) is 1.81. The van der Waals surface area contributed by atoms with E-state index in [9.17, 15) is 4.79 Å². The monoisotopic (exact) mass is 318 g/mol. The van der Waals surface area contributed by atoms with E-state index in [1.807, 2.05) is 20.8 Å². The first kappa shape index (κ1) is 17.8. The molecule has 0 atom stereocenters. The fourth-order valence-corrected chi connectivity index (χ4v) is 2.79. The lowest BCUT2D eigenvalue weighted by atomic mass is 10.1. The Labute approximate surface area is 140 Å². The molecule has 1 aliphatic rings. The molecule has 0 radical (unpaired) electrons. The first-order valence-corrected chi connectivity index (χ1v) is 8.60. The Morgan fingerprint density at radius 1 is 1.35 bits per heavy atom. The largest absolute Gasteiger partial charge is 0.443 e. The number of carbonyl (C=O) groups is 1. The maximum Gasteiger partial charge on any atom is 0.414 e. The normalized spacial score (nSPS) is 14.3. The molecule has 4 heteroatoms. The van der Waals surface area contributed by atoms with Gasteiger partial charge in [0.1, 0.15) is 5.60 Å². The fourth-order valence-electron chi connectivity index (χ4n) is 2.79. The zero-order valence-electron chi connectivity index (χ0n) is 15.1. The van der Waals surface area contributed by atoms with E-state index in [0.29, 0.717) is 12.5 Å². The zero-order valence-corrected chi connectivity index (χ0v) is 15.1. The minimum atomic E-state index is -0.468. The van der Waals surface area contributed by atoms with Gasteiger partial charge in [-0.1, -0.05) is 32.0 Å². The number of rotatable bonds is 5. The summed E-state index contributed by atoms with van der Waals surface area (Å²) in [6.45, 7) is 12.7. The quantitative estimate of drug-likeness (QED) is 0.830. The molecule has 1 N–H and O–H groups in total. The first-order chi connectivity index (χ1) is 10.8. The predicted molar refractivity (Wildman–Crippen MR) is 94.9 cm³/mol. The Hall–Kier alpha value is -1.55. The average molecular weight is 318 g/mol. The van der Waals surface area contributed by atoms with Crippen LogP contribution in [0.3, 0.4) is 0 Å². The molecule has 4 nitrogen and oxygen atoms in total. The minimum Gasteiger partial charge on any atom is -0.443 e. The third-order valence-corrected chi connectivity index (χ3v) is 3.91. The second kappa shape index (κ2) is 7.35. The van der Waals surface area contributed by atoms with Crippen molar-refractivity contribution in [1.29, 1.82) is 0 Å². The van der Waals surface area contributed by atoms with Gasteiger partial charge in [0.2, 0.25) is 0 Å². The molecule has 128 valence electrons. The van der Waals surface area contributed by atoms with Gasteiger partial charge in [-0.25, -0.2) is 4.79 Å². The molecule has 0 aliphatic carbocycles. The molecule has 0 spiro atoms. The van der Waals surface area contributed by atoms with Crippen LogP contribution >= 0.6 is 0 Å². The van der Waals surface area contributed by atoms with Gasteiger partial charge in [-0.05, 0) is 57.2 Å². The van der Waals surface area contributed by atoms with Crippen LogP contribution in [0.4, 0.5) is 10.5 Å². The van der Waals surface area contributed by atoms with Gasteiger partial charge >= 0.3 is 6.09 Å². The van der Waals surface area contributed by atoms with E-state index in [4.69, 9.17) is 4.74 Å². The lowest BCUT2D eigenvalue weighted by Crippen LogP contribution is -2.36. The van der Waals surface area contributed by atoms with Crippen LogP contribution in [0.15, 0.2) is 18.2 Å². The van der Waals surface area contributed by atoms with Gasteiger partial charge in [0.15, 0.2) is 0 Å². The number of fused-ring (bicyclic) bond motifs is 1. The lowest BCUT2D eigenvalue weighted by molar-refractivity contribution is 0.0583. The van der Waals surface area contributed by atoms with Crippen LogP contribution in [0.25, 0.3) is 0 Å². The van der Waals surface area contributed by atoms with Crippen LogP contribution in [0.5, 0.6) is 0 Å². The summed E-state index contributed by atoms with van der Waals surface area (Å²) in [5.41, 5.74) is 2.98. The van der Waals surface area contributed by atoms with Gasteiger partial charge in [0.25, 0.3) is 0 Å². The van der Waals surface area contributed by atoms with Crippen molar-refractivity contribution in [2.75, 3.05) is 18.0 Å².